The Morgan fingerprint density at radius 2 is 1.45 bits per heavy atom. The van der Waals surface area contributed by atoms with Crippen molar-refractivity contribution in [2.24, 2.45) is 0 Å². The average molecular weight is 298 g/mol. The van der Waals surface area contributed by atoms with Crippen molar-refractivity contribution in [3.63, 3.8) is 0 Å². The van der Waals surface area contributed by atoms with Gasteiger partial charge in [-0.05, 0) is 55.5 Å². The average Bonchev–Trinajstić information content (AvgIpc) is 2.55. The summed E-state index contributed by atoms with van der Waals surface area (Å²) in [4.78, 5) is 23.8. The first kappa shape index (κ1) is 15.6. The van der Waals surface area contributed by atoms with Crippen LogP contribution in [0.3, 0.4) is 0 Å². The van der Waals surface area contributed by atoms with E-state index in [4.69, 9.17) is 4.74 Å². The summed E-state index contributed by atoms with van der Waals surface area (Å²) in [5.74, 6) is 0.354. The largest absolute Gasteiger partial charge is 0.497 e. The standard InChI is InChI=1S/C17H18N2O3/c1-3-18-16(20)12-4-8-14(9-5-12)19-17(21)13-6-10-15(22-2)11-7-13/h4-11H,3H2,1-2H3,(H,18,20)(H,19,21). The summed E-state index contributed by atoms with van der Waals surface area (Å²) in [6.45, 7) is 2.44. The Bertz CT molecular complexity index is 649. The lowest BCUT2D eigenvalue weighted by molar-refractivity contribution is 0.0955. The van der Waals surface area contributed by atoms with Crippen LogP contribution in [0.5, 0.6) is 5.75 Å². The highest BCUT2D eigenvalue weighted by molar-refractivity contribution is 6.04. The zero-order chi connectivity index (χ0) is 15.9. The van der Waals surface area contributed by atoms with Gasteiger partial charge in [-0.25, -0.2) is 0 Å². The maximum atomic E-state index is 12.1. The summed E-state index contributed by atoms with van der Waals surface area (Å²) in [7, 11) is 1.57. The molecule has 2 amide bonds. The van der Waals surface area contributed by atoms with Gasteiger partial charge in [0, 0.05) is 23.4 Å². The van der Waals surface area contributed by atoms with Crippen molar-refractivity contribution < 1.29 is 14.3 Å². The minimum absolute atomic E-state index is 0.129. The first-order chi connectivity index (χ1) is 10.6. The number of benzene rings is 2. The zero-order valence-electron chi connectivity index (χ0n) is 12.6. The molecule has 0 aliphatic heterocycles. The number of anilines is 1. The van der Waals surface area contributed by atoms with Gasteiger partial charge in [0.2, 0.25) is 0 Å². The van der Waals surface area contributed by atoms with Crippen LogP contribution in [-0.4, -0.2) is 25.5 Å². The van der Waals surface area contributed by atoms with Gasteiger partial charge in [-0.2, -0.15) is 0 Å². The molecule has 2 aromatic rings. The molecule has 2 N–H and O–H groups in total. The molecule has 22 heavy (non-hydrogen) atoms. The van der Waals surface area contributed by atoms with Crippen molar-refractivity contribution in [2.45, 2.75) is 6.92 Å². The van der Waals surface area contributed by atoms with Gasteiger partial charge in [-0.1, -0.05) is 0 Å². The van der Waals surface area contributed by atoms with Crippen LogP contribution in [-0.2, 0) is 0 Å². The predicted molar refractivity (Wildman–Crippen MR) is 85.4 cm³/mol. The van der Waals surface area contributed by atoms with Crippen LogP contribution in [0.4, 0.5) is 5.69 Å². The summed E-state index contributed by atoms with van der Waals surface area (Å²) in [6, 6.07) is 13.6. The third-order valence-corrected chi connectivity index (χ3v) is 3.09. The second kappa shape index (κ2) is 7.26. The molecule has 0 bridgehead atoms. The van der Waals surface area contributed by atoms with Crippen molar-refractivity contribution in [3.8, 4) is 5.75 Å². The Labute approximate surface area is 129 Å². The molecule has 5 nitrogen and oxygen atoms in total. The molecule has 0 aliphatic carbocycles. The topological polar surface area (TPSA) is 67.4 Å². The Kier molecular flexibility index (Phi) is 5.14. The van der Waals surface area contributed by atoms with E-state index in [0.717, 1.165) is 0 Å². The first-order valence-electron chi connectivity index (χ1n) is 6.97. The lowest BCUT2D eigenvalue weighted by atomic mass is 10.1. The molecule has 0 heterocycles. The maximum absolute atomic E-state index is 12.1. The highest BCUT2D eigenvalue weighted by atomic mass is 16.5. The van der Waals surface area contributed by atoms with E-state index in [9.17, 15) is 9.59 Å². The van der Waals surface area contributed by atoms with Crippen LogP contribution >= 0.6 is 0 Å². The van der Waals surface area contributed by atoms with Crippen LogP contribution in [0.25, 0.3) is 0 Å². The van der Waals surface area contributed by atoms with Crippen molar-refractivity contribution in [1.82, 2.24) is 5.32 Å². The van der Waals surface area contributed by atoms with Crippen LogP contribution in [0.15, 0.2) is 48.5 Å². The molecule has 0 aromatic heterocycles. The maximum Gasteiger partial charge on any atom is 0.255 e. The summed E-state index contributed by atoms with van der Waals surface area (Å²) < 4.78 is 5.05. The highest BCUT2D eigenvalue weighted by Gasteiger charge is 2.08. The van der Waals surface area contributed by atoms with Crippen molar-refractivity contribution in [2.75, 3.05) is 19.0 Å². The molecule has 0 spiro atoms. The number of nitrogens with one attached hydrogen (secondary N) is 2. The Hall–Kier alpha value is -2.82. The van der Waals surface area contributed by atoms with Gasteiger partial charge in [-0.3, -0.25) is 9.59 Å². The second-order valence-corrected chi connectivity index (χ2v) is 4.62. The highest BCUT2D eigenvalue weighted by Crippen LogP contribution is 2.14. The molecule has 0 radical (unpaired) electrons. The minimum atomic E-state index is -0.214. The fourth-order valence-electron chi connectivity index (χ4n) is 1.91. The van der Waals surface area contributed by atoms with E-state index >= 15 is 0 Å². The molecule has 0 saturated heterocycles. The molecule has 2 aromatic carbocycles. The van der Waals surface area contributed by atoms with Crippen molar-refractivity contribution >= 4 is 17.5 Å². The predicted octanol–water partition coefficient (Wildman–Crippen LogP) is 2.70. The SMILES string of the molecule is CCNC(=O)c1ccc(NC(=O)c2ccc(OC)cc2)cc1. The molecule has 5 heteroatoms. The third kappa shape index (κ3) is 3.85. The third-order valence-electron chi connectivity index (χ3n) is 3.09. The van der Waals surface area contributed by atoms with Crippen molar-refractivity contribution in [3.05, 3.63) is 59.7 Å². The van der Waals surface area contributed by atoms with Crippen LogP contribution in [0.1, 0.15) is 27.6 Å². The van der Waals surface area contributed by atoms with Gasteiger partial charge in [0.25, 0.3) is 11.8 Å². The molecule has 0 aliphatic rings. The minimum Gasteiger partial charge on any atom is -0.497 e. The molecule has 0 saturated carbocycles. The number of ether oxygens (including phenoxy) is 1. The Morgan fingerprint density at radius 3 is 2.00 bits per heavy atom. The van der Waals surface area contributed by atoms with E-state index < -0.39 is 0 Å². The number of carbonyl (C=O) groups excluding carboxylic acids is 2. The van der Waals surface area contributed by atoms with Crippen LogP contribution in [0.2, 0.25) is 0 Å². The van der Waals surface area contributed by atoms with E-state index in [1.807, 2.05) is 6.92 Å². The molecule has 0 atom stereocenters. The molecule has 2 rings (SSSR count). The van der Waals surface area contributed by atoms with Gasteiger partial charge in [0.1, 0.15) is 5.75 Å². The lowest BCUT2D eigenvalue weighted by Crippen LogP contribution is -2.22. The van der Waals surface area contributed by atoms with E-state index in [-0.39, 0.29) is 11.8 Å². The van der Waals surface area contributed by atoms with E-state index in [2.05, 4.69) is 10.6 Å². The number of hydrogen-bond acceptors (Lipinski definition) is 3. The van der Waals surface area contributed by atoms with Gasteiger partial charge >= 0.3 is 0 Å². The summed E-state index contributed by atoms with van der Waals surface area (Å²) in [6.07, 6.45) is 0. The zero-order valence-corrected chi connectivity index (χ0v) is 12.6. The van der Waals surface area contributed by atoms with Gasteiger partial charge in [-0.15, -0.1) is 0 Å². The molecule has 114 valence electrons. The fraction of sp³-hybridized carbons (Fsp3) is 0.176. The molecular weight excluding hydrogens is 280 g/mol. The van der Waals surface area contributed by atoms with Crippen LogP contribution in [0, 0.1) is 0 Å². The van der Waals surface area contributed by atoms with Gasteiger partial charge in [0.05, 0.1) is 7.11 Å². The van der Waals surface area contributed by atoms with Gasteiger partial charge < -0.3 is 15.4 Å². The number of rotatable bonds is 5. The number of carbonyl (C=O) groups is 2. The smallest absolute Gasteiger partial charge is 0.255 e. The van der Waals surface area contributed by atoms with Crippen molar-refractivity contribution in [1.29, 1.82) is 0 Å². The normalized spacial score (nSPS) is 9.91. The molecule has 0 unspecified atom stereocenters. The number of hydrogen-bond donors (Lipinski definition) is 2. The fourth-order valence-corrected chi connectivity index (χ4v) is 1.91. The monoisotopic (exact) mass is 298 g/mol. The van der Waals surface area contributed by atoms with Crippen LogP contribution < -0.4 is 15.4 Å². The molecule has 0 fully saturated rings. The Morgan fingerprint density at radius 1 is 0.909 bits per heavy atom. The first-order valence-corrected chi connectivity index (χ1v) is 6.97. The van der Waals surface area contributed by atoms with E-state index in [1.54, 1.807) is 55.6 Å². The Balaban J connectivity index is 2.03. The van der Waals surface area contributed by atoms with E-state index in [1.165, 1.54) is 0 Å². The van der Waals surface area contributed by atoms with E-state index in [0.29, 0.717) is 29.1 Å². The quantitative estimate of drug-likeness (QED) is 0.892. The second-order valence-electron chi connectivity index (χ2n) is 4.62. The molecular formula is C17H18N2O3. The summed E-state index contributed by atoms with van der Waals surface area (Å²) >= 11 is 0. The summed E-state index contributed by atoms with van der Waals surface area (Å²) in [5, 5.41) is 5.50. The summed E-state index contributed by atoms with van der Waals surface area (Å²) in [5.41, 5.74) is 1.73. The number of methoxy groups -OCH3 is 1. The van der Waals surface area contributed by atoms with Gasteiger partial charge in [0.15, 0.2) is 0 Å². The number of amides is 2. The lowest BCUT2D eigenvalue weighted by Gasteiger charge is -2.07.